The Morgan fingerprint density at radius 1 is 1.03 bits per heavy atom. The quantitative estimate of drug-likeness (QED) is 0.358. The normalized spacial score (nSPS) is 13.3. The van der Waals surface area contributed by atoms with Crippen LogP contribution in [0.4, 0.5) is 0 Å². The van der Waals surface area contributed by atoms with Crippen LogP contribution in [0.1, 0.15) is 93.9 Å². The SMILES string of the molecule is CC.CCC(CC)(c1ccc(OCC(C)(O)C(C)(C)C)c(C)c1)c1ccc(C(=O)NCC(=O)O)s1. The number of aliphatic hydroxyl groups is 1. The zero-order chi connectivity index (χ0) is 27.0. The van der Waals surface area contributed by atoms with Crippen LogP contribution in [0.15, 0.2) is 30.3 Å². The summed E-state index contributed by atoms with van der Waals surface area (Å²) in [5.41, 5.74) is 0.576. The van der Waals surface area contributed by atoms with E-state index in [-0.39, 0.29) is 23.3 Å². The summed E-state index contributed by atoms with van der Waals surface area (Å²) in [6.45, 7) is 17.8. The van der Waals surface area contributed by atoms with Crippen LogP contribution in [-0.2, 0) is 10.2 Å². The van der Waals surface area contributed by atoms with Gasteiger partial charge in [-0.1, -0.05) is 60.6 Å². The zero-order valence-electron chi connectivity index (χ0n) is 22.7. The molecular formula is C28H43NO5S. The lowest BCUT2D eigenvalue weighted by atomic mass is 9.74. The minimum absolute atomic E-state index is 0.198. The van der Waals surface area contributed by atoms with E-state index in [9.17, 15) is 14.7 Å². The first-order valence-electron chi connectivity index (χ1n) is 12.3. The molecule has 0 spiro atoms. The highest BCUT2D eigenvalue weighted by atomic mass is 32.1. The Balaban J connectivity index is 0.00000298. The van der Waals surface area contributed by atoms with Crippen LogP contribution < -0.4 is 10.1 Å². The number of thiophene rings is 1. The number of ether oxygens (including phenoxy) is 1. The molecule has 1 amide bonds. The van der Waals surface area contributed by atoms with E-state index in [1.165, 1.54) is 11.3 Å². The topological polar surface area (TPSA) is 95.9 Å². The average Bonchev–Trinajstić information content (AvgIpc) is 3.29. The Morgan fingerprint density at radius 3 is 2.11 bits per heavy atom. The van der Waals surface area contributed by atoms with Gasteiger partial charge >= 0.3 is 5.97 Å². The van der Waals surface area contributed by atoms with Gasteiger partial charge in [-0.25, -0.2) is 0 Å². The van der Waals surface area contributed by atoms with Crippen molar-refractivity contribution in [3.63, 3.8) is 0 Å². The van der Waals surface area contributed by atoms with E-state index in [1.54, 1.807) is 13.0 Å². The molecule has 1 unspecified atom stereocenters. The van der Waals surface area contributed by atoms with Gasteiger partial charge in [0.05, 0.1) is 4.88 Å². The smallest absolute Gasteiger partial charge is 0.322 e. The number of carbonyl (C=O) groups excluding carboxylic acids is 1. The maximum atomic E-state index is 12.3. The molecule has 7 heteroatoms. The summed E-state index contributed by atoms with van der Waals surface area (Å²) in [6, 6.07) is 9.87. The lowest BCUT2D eigenvalue weighted by molar-refractivity contribution is -0.135. The molecule has 0 radical (unpaired) electrons. The number of aryl methyl sites for hydroxylation is 1. The van der Waals surface area contributed by atoms with Gasteiger partial charge in [0.25, 0.3) is 5.91 Å². The Morgan fingerprint density at radius 2 is 1.63 bits per heavy atom. The van der Waals surface area contributed by atoms with Crippen LogP contribution in [0.3, 0.4) is 0 Å². The number of aliphatic carboxylic acids is 1. The molecule has 1 aromatic heterocycles. The van der Waals surface area contributed by atoms with E-state index in [1.807, 2.05) is 53.7 Å². The fraction of sp³-hybridized carbons (Fsp3) is 0.571. The number of carbonyl (C=O) groups is 2. The Hall–Kier alpha value is -2.38. The standard InChI is InChI=1S/C26H37NO5S.C2H6/c1-8-26(9-2,21-13-12-20(33-21)23(30)27-15-22(28)29)18-10-11-19(17(3)14-18)32-16-25(7,31)24(4,5)6;1-2/h10-14,31H,8-9,15-16H2,1-7H3,(H,27,30)(H,28,29);1-2H3. The fourth-order valence-electron chi connectivity index (χ4n) is 3.65. The third kappa shape index (κ3) is 7.31. The van der Waals surface area contributed by atoms with Gasteiger partial charge in [0.2, 0.25) is 0 Å². The summed E-state index contributed by atoms with van der Waals surface area (Å²) in [4.78, 5) is 24.6. The third-order valence-electron chi connectivity index (χ3n) is 6.76. The second-order valence-electron chi connectivity index (χ2n) is 9.82. The van der Waals surface area contributed by atoms with E-state index < -0.39 is 18.1 Å². The number of carboxylic acid groups (broad SMARTS) is 1. The van der Waals surface area contributed by atoms with Crippen LogP contribution in [0.5, 0.6) is 5.75 Å². The van der Waals surface area contributed by atoms with Crippen molar-refractivity contribution < 1.29 is 24.5 Å². The second kappa shape index (κ2) is 12.5. The maximum Gasteiger partial charge on any atom is 0.322 e. The molecule has 0 aliphatic carbocycles. The largest absolute Gasteiger partial charge is 0.490 e. The van der Waals surface area contributed by atoms with Gasteiger partial charge in [-0.2, -0.15) is 0 Å². The summed E-state index contributed by atoms with van der Waals surface area (Å²) < 4.78 is 6.00. The van der Waals surface area contributed by atoms with Gasteiger partial charge in [-0.05, 0) is 61.4 Å². The zero-order valence-corrected chi connectivity index (χ0v) is 23.6. The maximum absolute atomic E-state index is 12.3. The minimum Gasteiger partial charge on any atom is -0.490 e. The van der Waals surface area contributed by atoms with Gasteiger partial charge in [0.15, 0.2) is 0 Å². The number of nitrogens with one attached hydrogen (secondary N) is 1. The lowest BCUT2D eigenvalue weighted by Gasteiger charge is -2.37. The summed E-state index contributed by atoms with van der Waals surface area (Å²) in [5, 5.41) is 22.0. The molecule has 1 atom stereocenters. The number of hydrogen-bond acceptors (Lipinski definition) is 5. The van der Waals surface area contributed by atoms with Crippen LogP contribution in [0.2, 0.25) is 0 Å². The molecule has 0 aliphatic rings. The van der Waals surface area contributed by atoms with E-state index in [0.29, 0.717) is 4.88 Å². The van der Waals surface area contributed by atoms with E-state index >= 15 is 0 Å². The molecule has 1 aromatic carbocycles. The second-order valence-corrected chi connectivity index (χ2v) is 10.9. The summed E-state index contributed by atoms with van der Waals surface area (Å²) in [5.74, 6) is -0.705. The third-order valence-corrected chi connectivity index (χ3v) is 8.05. The minimum atomic E-state index is -1.07. The first-order valence-corrected chi connectivity index (χ1v) is 13.2. The van der Waals surface area contributed by atoms with Crippen molar-refractivity contribution in [2.24, 2.45) is 5.41 Å². The predicted octanol–water partition coefficient (Wildman–Crippen LogP) is 6.18. The predicted molar refractivity (Wildman–Crippen MR) is 144 cm³/mol. The van der Waals surface area contributed by atoms with Crippen molar-refractivity contribution >= 4 is 23.2 Å². The Bertz CT molecular complexity index is 983. The van der Waals surface area contributed by atoms with E-state index in [4.69, 9.17) is 9.84 Å². The van der Waals surface area contributed by atoms with Crippen LogP contribution in [0.25, 0.3) is 0 Å². The first kappa shape index (κ1) is 30.7. The highest BCUT2D eigenvalue weighted by Crippen LogP contribution is 2.43. The van der Waals surface area contributed by atoms with Gasteiger partial charge in [0.1, 0.15) is 24.5 Å². The molecule has 0 aliphatic heterocycles. The van der Waals surface area contributed by atoms with E-state index in [0.717, 1.165) is 34.6 Å². The monoisotopic (exact) mass is 505 g/mol. The molecule has 0 bridgehead atoms. The first-order chi connectivity index (χ1) is 16.3. The van der Waals surface area contributed by atoms with Gasteiger partial charge in [0, 0.05) is 10.3 Å². The van der Waals surface area contributed by atoms with Crippen LogP contribution in [0, 0.1) is 12.3 Å². The van der Waals surface area contributed by atoms with Crippen molar-refractivity contribution in [1.29, 1.82) is 0 Å². The van der Waals surface area contributed by atoms with Crippen molar-refractivity contribution in [2.75, 3.05) is 13.2 Å². The number of rotatable bonds is 10. The Kier molecular flexibility index (Phi) is 11.0. The molecule has 35 heavy (non-hydrogen) atoms. The number of hydrogen-bond donors (Lipinski definition) is 3. The molecular weight excluding hydrogens is 462 g/mol. The molecule has 0 saturated carbocycles. The van der Waals surface area contributed by atoms with Crippen molar-refractivity contribution in [1.82, 2.24) is 5.32 Å². The summed E-state index contributed by atoms with van der Waals surface area (Å²) >= 11 is 1.40. The van der Waals surface area contributed by atoms with Crippen LogP contribution >= 0.6 is 11.3 Å². The lowest BCUT2D eigenvalue weighted by Crippen LogP contribution is -2.45. The molecule has 2 rings (SSSR count). The van der Waals surface area contributed by atoms with Crippen molar-refractivity contribution in [3.05, 3.63) is 51.2 Å². The Labute approximate surface area is 214 Å². The molecule has 0 saturated heterocycles. The number of carboxylic acids is 1. The van der Waals surface area contributed by atoms with Gasteiger partial charge in [-0.15, -0.1) is 11.3 Å². The molecule has 2 aromatic rings. The molecule has 0 fully saturated rings. The summed E-state index contributed by atoms with van der Waals surface area (Å²) in [6.07, 6.45) is 1.69. The van der Waals surface area contributed by atoms with Crippen molar-refractivity contribution in [2.45, 2.75) is 86.2 Å². The summed E-state index contributed by atoms with van der Waals surface area (Å²) in [7, 11) is 0. The highest BCUT2D eigenvalue weighted by molar-refractivity contribution is 7.14. The fourth-order valence-corrected chi connectivity index (χ4v) is 4.93. The molecule has 1 heterocycles. The van der Waals surface area contributed by atoms with Gasteiger partial charge in [-0.3, -0.25) is 9.59 Å². The number of benzene rings is 1. The molecule has 3 N–H and O–H groups in total. The average molecular weight is 506 g/mol. The molecule has 196 valence electrons. The highest BCUT2D eigenvalue weighted by Gasteiger charge is 2.37. The van der Waals surface area contributed by atoms with Gasteiger partial charge < -0.3 is 20.3 Å². The number of amides is 1. The van der Waals surface area contributed by atoms with E-state index in [2.05, 4.69) is 31.3 Å². The van der Waals surface area contributed by atoms with Crippen molar-refractivity contribution in [3.8, 4) is 5.75 Å². The van der Waals surface area contributed by atoms with Crippen LogP contribution in [-0.4, -0.2) is 40.8 Å². The molecule has 6 nitrogen and oxygen atoms in total.